The molecule has 1 aromatic heterocycles. The molecule has 2 atom stereocenters. The molecular formula is C26H27N5O3. The van der Waals surface area contributed by atoms with Gasteiger partial charge in [-0.1, -0.05) is 18.2 Å². The van der Waals surface area contributed by atoms with Gasteiger partial charge in [0.05, 0.1) is 29.2 Å². The highest BCUT2D eigenvalue weighted by Gasteiger charge is 2.42. The van der Waals surface area contributed by atoms with E-state index < -0.39 is 5.97 Å². The topological polar surface area (TPSA) is 111 Å². The fourth-order valence-corrected chi connectivity index (χ4v) is 5.14. The molecule has 2 aromatic carbocycles. The van der Waals surface area contributed by atoms with Gasteiger partial charge in [-0.2, -0.15) is 5.26 Å². The Morgan fingerprint density at radius 3 is 2.85 bits per heavy atom. The van der Waals surface area contributed by atoms with E-state index in [9.17, 15) is 15.2 Å². The number of carboxylic acids is 1. The van der Waals surface area contributed by atoms with Crippen LogP contribution >= 0.6 is 0 Å². The third-order valence-corrected chi connectivity index (χ3v) is 6.95. The summed E-state index contributed by atoms with van der Waals surface area (Å²) in [5, 5.41) is 22.7. The molecule has 0 radical (unpaired) electrons. The molecule has 3 aromatic rings. The normalized spacial score (nSPS) is 20.6. The Bertz CT molecular complexity index is 1310. The largest absolute Gasteiger partial charge is 0.478 e. The third kappa shape index (κ3) is 3.93. The number of fused-ring (bicyclic) bond motifs is 1. The number of aromatic nitrogens is 2. The number of benzene rings is 2. The Hall–Kier alpha value is -3.70. The summed E-state index contributed by atoms with van der Waals surface area (Å²) in [7, 11) is 0. The SMILES string of the molecule is Cc1cc([C@@H](C)Nc2ccccc2C(=O)O)c2nc(N3CCC4(CCOC4)C3)c(C#N)nc2c1. The summed E-state index contributed by atoms with van der Waals surface area (Å²) in [4.78, 5) is 23.5. The first-order valence-corrected chi connectivity index (χ1v) is 11.5. The van der Waals surface area contributed by atoms with E-state index in [1.807, 2.05) is 32.0 Å². The number of nitriles is 1. The number of hydrogen-bond donors (Lipinski definition) is 2. The number of ether oxygens (including phenoxy) is 1. The van der Waals surface area contributed by atoms with Crippen molar-refractivity contribution in [2.24, 2.45) is 5.41 Å². The molecule has 174 valence electrons. The fourth-order valence-electron chi connectivity index (χ4n) is 5.14. The van der Waals surface area contributed by atoms with Crippen LogP contribution < -0.4 is 10.2 Å². The van der Waals surface area contributed by atoms with Crippen LogP contribution in [0.3, 0.4) is 0 Å². The van der Waals surface area contributed by atoms with Gasteiger partial charge in [0.1, 0.15) is 6.07 Å². The van der Waals surface area contributed by atoms with Gasteiger partial charge in [0.25, 0.3) is 0 Å². The van der Waals surface area contributed by atoms with Gasteiger partial charge in [-0.15, -0.1) is 0 Å². The van der Waals surface area contributed by atoms with E-state index in [4.69, 9.17) is 14.7 Å². The van der Waals surface area contributed by atoms with E-state index in [1.165, 1.54) is 0 Å². The van der Waals surface area contributed by atoms with Crippen LogP contribution in [0.2, 0.25) is 0 Å². The van der Waals surface area contributed by atoms with E-state index in [1.54, 1.807) is 18.2 Å². The second kappa shape index (κ2) is 8.58. The minimum absolute atomic E-state index is 0.134. The van der Waals surface area contributed by atoms with Crippen molar-refractivity contribution in [3.05, 3.63) is 58.8 Å². The maximum absolute atomic E-state index is 11.7. The van der Waals surface area contributed by atoms with Gasteiger partial charge in [0, 0.05) is 36.4 Å². The first kappa shape index (κ1) is 22.1. The van der Waals surface area contributed by atoms with Crippen molar-refractivity contribution in [3.8, 4) is 6.07 Å². The van der Waals surface area contributed by atoms with Crippen molar-refractivity contribution in [1.82, 2.24) is 9.97 Å². The molecule has 2 saturated heterocycles. The number of hydrogen-bond acceptors (Lipinski definition) is 7. The Morgan fingerprint density at radius 2 is 2.12 bits per heavy atom. The smallest absolute Gasteiger partial charge is 0.337 e. The number of aryl methyl sites for hydroxylation is 1. The van der Waals surface area contributed by atoms with Gasteiger partial charge in [-0.05, 0) is 50.5 Å². The zero-order valence-corrected chi connectivity index (χ0v) is 19.3. The van der Waals surface area contributed by atoms with Gasteiger partial charge in [-0.3, -0.25) is 0 Å². The first-order chi connectivity index (χ1) is 16.4. The predicted molar refractivity (Wildman–Crippen MR) is 129 cm³/mol. The second-order valence-corrected chi connectivity index (χ2v) is 9.42. The van der Waals surface area contributed by atoms with E-state index in [2.05, 4.69) is 16.3 Å². The highest BCUT2D eigenvalue weighted by molar-refractivity contribution is 5.94. The van der Waals surface area contributed by atoms with Gasteiger partial charge in [0.2, 0.25) is 0 Å². The van der Waals surface area contributed by atoms with Crippen LogP contribution in [-0.4, -0.2) is 47.3 Å². The lowest BCUT2D eigenvalue weighted by Gasteiger charge is -2.24. The van der Waals surface area contributed by atoms with Gasteiger partial charge >= 0.3 is 5.97 Å². The number of nitrogens with one attached hydrogen (secondary N) is 1. The number of carbonyl (C=O) groups is 1. The number of aromatic carboxylic acids is 1. The van der Waals surface area contributed by atoms with Crippen LogP contribution in [0, 0.1) is 23.7 Å². The minimum atomic E-state index is -0.982. The molecule has 2 aliphatic rings. The average molecular weight is 458 g/mol. The molecule has 8 heteroatoms. The lowest BCUT2D eigenvalue weighted by Crippen LogP contribution is -2.28. The van der Waals surface area contributed by atoms with E-state index >= 15 is 0 Å². The Labute approximate surface area is 198 Å². The lowest BCUT2D eigenvalue weighted by atomic mass is 9.87. The third-order valence-electron chi connectivity index (χ3n) is 6.95. The molecular weight excluding hydrogens is 430 g/mol. The number of rotatable bonds is 5. The highest BCUT2D eigenvalue weighted by atomic mass is 16.5. The van der Waals surface area contributed by atoms with Crippen LogP contribution in [0.4, 0.5) is 11.5 Å². The fraction of sp³-hybridized carbons (Fsp3) is 0.385. The monoisotopic (exact) mass is 457 g/mol. The molecule has 2 aliphatic heterocycles. The molecule has 0 amide bonds. The maximum atomic E-state index is 11.7. The summed E-state index contributed by atoms with van der Waals surface area (Å²) in [5.74, 6) is -0.369. The van der Waals surface area contributed by atoms with Crippen molar-refractivity contribution >= 4 is 28.5 Å². The molecule has 1 spiro atoms. The van der Waals surface area contributed by atoms with Crippen LogP contribution in [0.1, 0.15) is 53.0 Å². The quantitative estimate of drug-likeness (QED) is 0.583. The second-order valence-electron chi connectivity index (χ2n) is 9.42. The highest BCUT2D eigenvalue weighted by Crippen LogP contribution is 2.40. The number of anilines is 2. The maximum Gasteiger partial charge on any atom is 0.337 e. The van der Waals surface area contributed by atoms with Crippen molar-refractivity contribution in [2.45, 2.75) is 32.7 Å². The molecule has 3 heterocycles. The molecule has 0 saturated carbocycles. The summed E-state index contributed by atoms with van der Waals surface area (Å²) in [6.45, 7) is 7.12. The van der Waals surface area contributed by atoms with Crippen LogP contribution in [0.15, 0.2) is 36.4 Å². The first-order valence-electron chi connectivity index (χ1n) is 11.5. The Balaban J connectivity index is 1.55. The predicted octanol–water partition coefficient (Wildman–Crippen LogP) is 4.30. The van der Waals surface area contributed by atoms with Crippen molar-refractivity contribution in [2.75, 3.05) is 36.5 Å². The Morgan fingerprint density at radius 1 is 1.29 bits per heavy atom. The van der Waals surface area contributed by atoms with Gasteiger partial charge in [-0.25, -0.2) is 14.8 Å². The number of para-hydroxylation sites is 1. The van der Waals surface area contributed by atoms with Crippen molar-refractivity contribution in [3.63, 3.8) is 0 Å². The molecule has 1 unspecified atom stereocenters. The molecule has 0 aliphatic carbocycles. The summed E-state index contributed by atoms with van der Waals surface area (Å²) >= 11 is 0. The summed E-state index contributed by atoms with van der Waals surface area (Å²) in [5.41, 5.74) is 4.51. The standard InChI is InChI=1S/C26H27N5O3/c1-16-11-19(17(2)28-20-6-4-3-5-18(20)25(32)33)23-21(12-16)29-22(13-27)24(30-23)31-9-7-26(14-31)8-10-34-15-26/h3-6,11-12,17,28H,7-10,14-15H2,1-2H3,(H,32,33)/t17-,26?/m1/s1. The average Bonchev–Trinajstić information content (AvgIpc) is 3.47. The number of carboxylic acid groups (broad SMARTS) is 1. The zero-order valence-electron chi connectivity index (χ0n) is 19.3. The molecule has 5 rings (SSSR count). The van der Waals surface area contributed by atoms with E-state index in [0.29, 0.717) is 22.7 Å². The van der Waals surface area contributed by atoms with Gasteiger partial charge in [0.15, 0.2) is 11.5 Å². The van der Waals surface area contributed by atoms with Crippen LogP contribution in [0.5, 0.6) is 0 Å². The van der Waals surface area contributed by atoms with Crippen molar-refractivity contribution < 1.29 is 14.6 Å². The van der Waals surface area contributed by atoms with Crippen molar-refractivity contribution in [1.29, 1.82) is 5.26 Å². The summed E-state index contributed by atoms with van der Waals surface area (Å²) in [6, 6.07) is 12.9. The molecule has 2 fully saturated rings. The molecule has 0 bridgehead atoms. The Kier molecular flexibility index (Phi) is 5.58. The minimum Gasteiger partial charge on any atom is -0.478 e. The zero-order chi connectivity index (χ0) is 23.9. The molecule has 2 N–H and O–H groups in total. The summed E-state index contributed by atoms with van der Waals surface area (Å²) in [6.07, 6.45) is 2.04. The summed E-state index contributed by atoms with van der Waals surface area (Å²) < 4.78 is 5.66. The number of nitrogens with zero attached hydrogens (tertiary/aromatic N) is 4. The molecule has 34 heavy (non-hydrogen) atoms. The van der Waals surface area contributed by atoms with Crippen LogP contribution in [-0.2, 0) is 4.74 Å². The van der Waals surface area contributed by atoms with Crippen LogP contribution in [0.25, 0.3) is 11.0 Å². The lowest BCUT2D eigenvalue weighted by molar-refractivity contribution is 0.0698. The van der Waals surface area contributed by atoms with E-state index in [-0.39, 0.29) is 17.0 Å². The molecule has 8 nitrogen and oxygen atoms in total. The van der Waals surface area contributed by atoms with Gasteiger partial charge < -0.3 is 20.1 Å². The van der Waals surface area contributed by atoms with E-state index in [0.717, 1.165) is 55.8 Å².